The fourth-order valence-electron chi connectivity index (χ4n) is 1.67. The molecular weight excluding hydrogens is 198 g/mol. The van der Waals surface area contributed by atoms with Crippen LogP contribution in [0.15, 0.2) is 48.5 Å². The number of benzene rings is 2. The quantitative estimate of drug-likeness (QED) is 0.793. The second-order valence-electron chi connectivity index (χ2n) is 3.65. The zero-order valence-electron chi connectivity index (χ0n) is 8.89. The molecule has 2 aromatic rings. The molecule has 0 aliphatic heterocycles. The van der Waals surface area contributed by atoms with E-state index in [1.807, 2.05) is 42.5 Å². The molecule has 2 rings (SSSR count). The van der Waals surface area contributed by atoms with Crippen molar-refractivity contribution < 1.29 is 4.79 Å². The highest BCUT2D eigenvalue weighted by Gasteiger charge is 1.99. The molecule has 0 aliphatic rings. The third kappa shape index (κ3) is 2.18. The molecule has 2 heteroatoms. The van der Waals surface area contributed by atoms with Crippen LogP contribution in [-0.4, -0.2) is 6.29 Å². The third-order valence-electron chi connectivity index (χ3n) is 2.52. The van der Waals surface area contributed by atoms with E-state index in [0.29, 0.717) is 12.1 Å². The van der Waals surface area contributed by atoms with Crippen molar-refractivity contribution in [1.29, 1.82) is 0 Å². The molecule has 0 aliphatic carbocycles. The van der Waals surface area contributed by atoms with Crippen LogP contribution in [0.4, 0.5) is 0 Å². The smallest absolute Gasteiger partial charge is 0.150 e. The van der Waals surface area contributed by atoms with E-state index in [4.69, 9.17) is 5.73 Å². The van der Waals surface area contributed by atoms with Crippen molar-refractivity contribution >= 4 is 6.29 Å². The zero-order valence-corrected chi connectivity index (χ0v) is 8.89. The fourth-order valence-corrected chi connectivity index (χ4v) is 1.67. The van der Waals surface area contributed by atoms with E-state index in [0.717, 1.165) is 23.0 Å². The Morgan fingerprint density at radius 2 is 1.69 bits per heavy atom. The standard InChI is InChI=1S/C14H13NO/c15-9-11-3-1-5-13(7-11)14-6-2-4-12(8-14)10-16/h1-8,10H,9,15H2. The number of nitrogens with two attached hydrogens (primary N) is 1. The van der Waals surface area contributed by atoms with Crippen LogP contribution in [-0.2, 0) is 6.54 Å². The van der Waals surface area contributed by atoms with Crippen molar-refractivity contribution in [1.82, 2.24) is 0 Å². The number of carbonyl (C=O) groups is 1. The first-order valence-electron chi connectivity index (χ1n) is 5.18. The van der Waals surface area contributed by atoms with Crippen LogP contribution >= 0.6 is 0 Å². The Kier molecular flexibility index (Phi) is 3.13. The molecule has 2 nitrogen and oxygen atoms in total. The second-order valence-corrected chi connectivity index (χ2v) is 3.65. The maximum Gasteiger partial charge on any atom is 0.150 e. The molecule has 0 atom stereocenters. The number of carbonyl (C=O) groups excluding carboxylic acids is 1. The van der Waals surface area contributed by atoms with Gasteiger partial charge in [0.25, 0.3) is 0 Å². The van der Waals surface area contributed by atoms with Crippen molar-refractivity contribution in [2.24, 2.45) is 5.73 Å². The van der Waals surface area contributed by atoms with Crippen molar-refractivity contribution in [2.45, 2.75) is 6.54 Å². The molecule has 2 aromatic carbocycles. The lowest BCUT2D eigenvalue weighted by atomic mass is 10.0. The lowest BCUT2D eigenvalue weighted by Gasteiger charge is -2.04. The molecule has 0 amide bonds. The van der Waals surface area contributed by atoms with E-state index in [-0.39, 0.29) is 0 Å². The molecule has 0 radical (unpaired) electrons. The van der Waals surface area contributed by atoms with Gasteiger partial charge in [0.05, 0.1) is 0 Å². The summed E-state index contributed by atoms with van der Waals surface area (Å²) < 4.78 is 0. The summed E-state index contributed by atoms with van der Waals surface area (Å²) in [7, 11) is 0. The summed E-state index contributed by atoms with van der Waals surface area (Å²) in [5, 5.41) is 0. The molecule has 80 valence electrons. The highest BCUT2D eigenvalue weighted by atomic mass is 16.1. The van der Waals surface area contributed by atoms with Gasteiger partial charge in [-0.3, -0.25) is 4.79 Å². The van der Waals surface area contributed by atoms with Gasteiger partial charge < -0.3 is 5.73 Å². The van der Waals surface area contributed by atoms with Gasteiger partial charge in [0.15, 0.2) is 0 Å². The van der Waals surface area contributed by atoms with Crippen LogP contribution in [0.1, 0.15) is 15.9 Å². The summed E-state index contributed by atoms with van der Waals surface area (Å²) in [5.41, 5.74) is 9.51. The highest BCUT2D eigenvalue weighted by Crippen LogP contribution is 2.20. The predicted octanol–water partition coefficient (Wildman–Crippen LogP) is 2.62. The van der Waals surface area contributed by atoms with Gasteiger partial charge in [0.2, 0.25) is 0 Å². The first-order valence-corrected chi connectivity index (χ1v) is 5.18. The number of aldehydes is 1. The van der Waals surface area contributed by atoms with Crippen molar-refractivity contribution in [3.05, 3.63) is 59.7 Å². The molecule has 16 heavy (non-hydrogen) atoms. The van der Waals surface area contributed by atoms with Crippen molar-refractivity contribution in [3.8, 4) is 11.1 Å². The second kappa shape index (κ2) is 4.73. The average molecular weight is 211 g/mol. The molecule has 2 N–H and O–H groups in total. The van der Waals surface area contributed by atoms with Crippen LogP contribution in [0.5, 0.6) is 0 Å². The van der Waals surface area contributed by atoms with E-state index in [1.54, 1.807) is 6.07 Å². The molecule has 0 saturated carbocycles. The SMILES string of the molecule is NCc1cccc(-c2cccc(C=O)c2)c1. The van der Waals surface area contributed by atoms with Crippen LogP contribution in [0.3, 0.4) is 0 Å². The van der Waals surface area contributed by atoms with Crippen molar-refractivity contribution in [3.63, 3.8) is 0 Å². The average Bonchev–Trinajstić information content (AvgIpc) is 2.39. The van der Waals surface area contributed by atoms with E-state index >= 15 is 0 Å². The molecule has 0 spiro atoms. The lowest BCUT2D eigenvalue weighted by molar-refractivity contribution is 0.112. The number of rotatable bonds is 3. The normalized spacial score (nSPS) is 10.1. The maximum absolute atomic E-state index is 10.7. The van der Waals surface area contributed by atoms with Crippen LogP contribution < -0.4 is 5.73 Å². The van der Waals surface area contributed by atoms with Gasteiger partial charge in [-0.05, 0) is 28.8 Å². The Bertz CT molecular complexity index is 506. The summed E-state index contributed by atoms with van der Waals surface area (Å²) >= 11 is 0. The topological polar surface area (TPSA) is 43.1 Å². The van der Waals surface area contributed by atoms with Gasteiger partial charge in [-0.25, -0.2) is 0 Å². The summed E-state index contributed by atoms with van der Waals surface area (Å²) in [6.45, 7) is 0.529. The first-order chi connectivity index (χ1) is 7.83. The largest absolute Gasteiger partial charge is 0.326 e. The minimum absolute atomic E-state index is 0.529. The van der Waals surface area contributed by atoms with E-state index < -0.39 is 0 Å². The third-order valence-corrected chi connectivity index (χ3v) is 2.52. The minimum Gasteiger partial charge on any atom is -0.326 e. The summed E-state index contributed by atoms with van der Waals surface area (Å²) in [4.78, 5) is 10.7. The molecule has 0 bridgehead atoms. The molecule has 0 heterocycles. The van der Waals surface area contributed by atoms with Crippen LogP contribution in [0.25, 0.3) is 11.1 Å². The van der Waals surface area contributed by atoms with Crippen LogP contribution in [0.2, 0.25) is 0 Å². The van der Waals surface area contributed by atoms with Gasteiger partial charge in [0.1, 0.15) is 6.29 Å². The highest BCUT2D eigenvalue weighted by molar-refractivity contribution is 5.78. The number of hydrogen-bond acceptors (Lipinski definition) is 2. The monoisotopic (exact) mass is 211 g/mol. The fraction of sp³-hybridized carbons (Fsp3) is 0.0714. The Balaban J connectivity index is 2.45. The maximum atomic E-state index is 10.7. The molecule has 0 saturated heterocycles. The Morgan fingerprint density at radius 1 is 1.00 bits per heavy atom. The minimum atomic E-state index is 0.529. The Labute approximate surface area is 94.7 Å². The van der Waals surface area contributed by atoms with Gasteiger partial charge in [0, 0.05) is 12.1 Å². The van der Waals surface area contributed by atoms with E-state index in [9.17, 15) is 4.79 Å². The zero-order chi connectivity index (χ0) is 11.4. The van der Waals surface area contributed by atoms with Crippen molar-refractivity contribution in [2.75, 3.05) is 0 Å². The summed E-state index contributed by atoms with van der Waals surface area (Å²) in [5.74, 6) is 0. The van der Waals surface area contributed by atoms with E-state index in [2.05, 4.69) is 0 Å². The van der Waals surface area contributed by atoms with Gasteiger partial charge in [-0.2, -0.15) is 0 Å². The van der Waals surface area contributed by atoms with Gasteiger partial charge in [-0.15, -0.1) is 0 Å². The Morgan fingerprint density at radius 3 is 2.38 bits per heavy atom. The van der Waals surface area contributed by atoms with Gasteiger partial charge >= 0.3 is 0 Å². The molecule has 0 aromatic heterocycles. The van der Waals surface area contributed by atoms with E-state index in [1.165, 1.54) is 0 Å². The van der Waals surface area contributed by atoms with Crippen LogP contribution in [0, 0.1) is 0 Å². The lowest BCUT2D eigenvalue weighted by Crippen LogP contribution is -1.95. The van der Waals surface area contributed by atoms with Gasteiger partial charge in [-0.1, -0.05) is 36.4 Å². The molecular formula is C14H13NO. The predicted molar refractivity (Wildman–Crippen MR) is 65.2 cm³/mol. The number of hydrogen-bond donors (Lipinski definition) is 1. The summed E-state index contributed by atoms with van der Waals surface area (Å²) in [6, 6.07) is 15.6. The molecule has 0 unspecified atom stereocenters. The summed E-state index contributed by atoms with van der Waals surface area (Å²) in [6.07, 6.45) is 0.857. The molecule has 0 fully saturated rings. The first kappa shape index (κ1) is 10.6. The Hall–Kier alpha value is -1.93.